The molecule has 8 heteroatoms. The zero-order chi connectivity index (χ0) is 23.1. The van der Waals surface area contributed by atoms with E-state index in [0.29, 0.717) is 17.1 Å². The molecule has 3 rings (SSSR count). The summed E-state index contributed by atoms with van der Waals surface area (Å²) in [7, 11) is 0. The number of benzene rings is 2. The van der Waals surface area contributed by atoms with Crippen molar-refractivity contribution in [2.24, 2.45) is 0 Å². The number of nitrogens with zero attached hydrogens (tertiary/aromatic N) is 4. The van der Waals surface area contributed by atoms with E-state index in [1.54, 1.807) is 36.4 Å². The van der Waals surface area contributed by atoms with Crippen LogP contribution < -0.4 is 10.2 Å². The first-order valence-corrected chi connectivity index (χ1v) is 10.2. The predicted molar refractivity (Wildman–Crippen MR) is 120 cm³/mol. The van der Waals surface area contributed by atoms with Gasteiger partial charge in [-0.15, -0.1) is 0 Å². The summed E-state index contributed by atoms with van der Waals surface area (Å²) < 4.78 is 16.1. The van der Waals surface area contributed by atoms with Crippen molar-refractivity contribution in [3.8, 4) is 11.8 Å². The second-order valence-electron chi connectivity index (χ2n) is 7.34. The minimum atomic E-state index is -0.517. The highest BCUT2D eigenvalue weighted by Crippen LogP contribution is 2.20. The second-order valence-corrected chi connectivity index (χ2v) is 7.34. The second kappa shape index (κ2) is 10.4. The Balaban J connectivity index is 1.61. The summed E-state index contributed by atoms with van der Waals surface area (Å²) in [6.45, 7) is 3.91. The van der Waals surface area contributed by atoms with E-state index in [0.717, 1.165) is 11.4 Å². The van der Waals surface area contributed by atoms with E-state index in [1.807, 2.05) is 32.0 Å². The molecule has 1 heterocycles. The van der Waals surface area contributed by atoms with Crippen LogP contribution >= 0.6 is 0 Å². The summed E-state index contributed by atoms with van der Waals surface area (Å²) in [5.74, 6) is -1.17. The quantitative estimate of drug-likeness (QED) is 0.574. The number of nitrogens with one attached hydrogen (secondary N) is 1. The van der Waals surface area contributed by atoms with Gasteiger partial charge in [-0.05, 0) is 50.2 Å². The molecule has 1 N–H and O–H groups in total. The van der Waals surface area contributed by atoms with Crippen LogP contribution in [0.1, 0.15) is 30.7 Å². The van der Waals surface area contributed by atoms with E-state index >= 15 is 0 Å². The fourth-order valence-corrected chi connectivity index (χ4v) is 3.38. The lowest BCUT2D eigenvalue weighted by Gasteiger charge is -2.21. The van der Waals surface area contributed by atoms with Gasteiger partial charge < -0.3 is 10.2 Å². The van der Waals surface area contributed by atoms with Crippen LogP contribution in [-0.4, -0.2) is 28.1 Å². The molecule has 0 unspecified atom stereocenters. The van der Waals surface area contributed by atoms with Crippen LogP contribution in [-0.2, 0) is 9.59 Å². The molecule has 0 saturated heterocycles. The summed E-state index contributed by atoms with van der Waals surface area (Å²) in [6, 6.07) is 17.3. The smallest absolute Gasteiger partial charge is 0.227 e. The number of hydrogen-bond donors (Lipinski definition) is 1. The molecule has 0 aliphatic carbocycles. The van der Waals surface area contributed by atoms with E-state index in [-0.39, 0.29) is 31.7 Å². The molecule has 0 saturated carbocycles. The molecular weight excluding hydrogens is 409 g/mol. The number of halogens is 1. The van der Waals surface area contributed by atoms with Crippen LogP contribution in [0.2, 0.25) is 0 Å². The van der Waals surface area contributed by atoms with Crippen molar-refractivity contribution >= 4 is 23.2 Å². The molecule has 32 heavy (non-hydrogen) atoms. The van der Waals surface area contributed by atoms with Gasteiger partial charge >= 0.3 is 0 Å². The van der Waals surface area contributed by atoms with E-state index < -0.39 is 11.7 Å². The number of anilines is 2. The Morgan fingerprint density at radius 2 is 1.88 bits per heavy atom. The van der Waals surface area contributed by atoms with Crippen LogP contribution in [0.5, 0.6) is 0 Å². The third-order valence-corrected chi connectivity index (χ3v) is 4.85. The number of hydrogen-bond acceptors (Lipinski definition) is 4. The highest BCUT2D eigenvalue weighted by Gasteiger charge is 2.17. The van der Waals surface area contributed by atoms with Gasteiger partial charge in [0.25, 0.3) is 0 Å². The van der Waals surface area contributed by atoms with E-state index in [2.05, 4.69) is 10.4 Å². The highest BCUT2D eigenvalue weighted by molar-refractivity contribution is 5.98. The number of aryl methyl sites for hydroxylation is 2. The van der Waals surface area contributed by atoms with E-state index in [4.69, 9.17) is 5.26 Å². The Kier molecular flexibility index (Phi) is 7.34. The van der Waals surface area contributed by atoms with Gasteiger partial charge in [0.2, 0.25) is 11.8 Å². The van der Waals surface area contributed by atoms with Crippen molar-refractivity contribution in [1.29, 1.82) is 5.26 Å². The third-order valence-electron chi connectivity index (χ3n) is 4.85. The largest absolute Gasteiger partial charge is 0.326 e. The number of aromatic nitrogens is 2. The van der Waals surface area contributed by atoms with E-state index in [1.165, 1.54) is 15.6 Å². The summed E-state index contributed by atoms with van der Waals surface area (Å²) in [5, 5.41) is 15.8. The lowest BCUT2D eigenvalue weighted by atomic mass is 10.2. The normalized spacial score (nSPS) is 10.4. The molecule has 0 aliphatic rings. The van der Waals surface area contributed by atoms with Gasteiger partial charge in [-0.2, -0.15) is 10.4 Å². The van der Waals surface area contributed by atoms with Crippen LogP contribution in [0, 0.1) is 31.0 Å². The molecule has 0 atom stereocenters. The minimum absolute atomic E-state index is 0.0293. The molecule has 0 bridgehead atoms. The molecular formula is C24H24FN5O2. The third kappa shape index (κ3) is 5.58. The average Bonchev–Trinajstić information content (AvgIpc) is 3.11. The lowest BCUT2D eigenvalue weighted by molar-refractivity contribution is -0.122. The van der Waals surface area contributed by atoms with Crippen LogP contribution in [0.4, 0.5) is 15.8 Å². The van der Waals surface area contributed by atoms with Crippen molar-refractivity contribution in [2.75, 3.05) is 16.8 Å². The monoisotopic (exact) mass is 433 g/mol. The first-order valence-electron chi connectivity index (χ1n) is 10.2. The molecule has 7 nitrogen and oxygen atoms in total. The van der Waals surface area contributed by atoms with Crippen LogP contribution in [0.3, 0.4) is 0 Å². The molecule has 1 aromatic heterocycles. The number of nitriles is 1. The molecule has 0 spiro atoms. The van der Waals surface area contributed by atoms with Gasteiger partial charge in [-0.25, -0.2) is 9.07 Å². The number of carbonyl (C=O) groups is 2. The first kappa shape index (κ1) is 22.7. The number of para-hydroxylation sites is 1. The predicted octanol–water partition coefficient (Wildman–Crippen LogP) is 4.29. The Morgan fingerprint density at radius 3 is 2.50 bits per heavy atom. The van der Waals surface area contributed by atoms with Crippen LogP contribution in [0.25, 0.3) is 5.69 Å². The zero-order valence-corrected chi connectivity index (χ0v) is 18.0. The lowest BCUT2D eigenvalue weighted by Crippen LogP contribution is -2.32. The summed E-state index contributed by atoms with van der Waals surface area (Å²) in [4.78, 5) is 26.5. The maximum atomic E-state index is 14.6. The van der Waals surface area contributed by atoms with Gasteiger partial charge in [-0.1, -0.05) is 18.2 Å². The minimum Gasteiger partial charge on any atom is -0.326 e. The molecule has 3 aromatic rings. The topological polar surface area (TPSA) is 91.0 Å². The first-order chi connectivity index (χ1) is 15.4. The maximum absolute atomic E-state index is 14.6. The molecule has 164 valence electrons. The van der Waals surface area contributed by atoms with Crippen molar-refractivity contribution in [3.05, 3.63) is 71.8 Å². The summed E-state index contributed by atoms with van der Waals surface area (Å²) >= 11 is 0. The van der Waals surface area contributed by atoms with Crippen LogP contribution in [0.15, 0.2) is 54.6 Å². The van der Waals surface area contributed by atoms with Crippen molar-refractivity contribution in [1.82, 2.24) is 9.78 Å². The van der Waals surface area contributed by atoms with E-state index in [9.17, 15) is 14.0 Å². The molecule has 0 radical (unpaired) electrons. The average molecular weight is 433 g/mol. The maximum Gasteiger partial charge on any atom is 0.227 e. The van der Waals surface area contributed by atoms with Crippen molar-refractivity contribution in [2.45, 2.75) is 33.1 Å². The van der Waals surface area contributed by atoms with Crippen molar-refractivity contribution < 1.29 is 14.0 Å². The summed E-state index contributed by atoms with van der Waals surface area (Å²) in [5.41, 5.74) is 2.85. The number of rotatable bonds is 8. The summed E-state index contributed by atoms with van der Waals surface area (Å²) in [6.07, 6.45) is 0.0989. The van der Waals surface area contributed by atoms with Gasteiger partial charge in [-0.3, -0.25) is 9.59 Å². The molecule has 0 aliphatic heterocycles. The Labute approximate surface area is 186 Å². The van der Waals surface area contributed by atoms with Gasteiger partial charge in [0.05, 0.1) is 18.2 Å². The van der Waals surface area contributed by atoms with Crippen molar-refractivity contribution in [3.63, 3.8) is 0 Å². The van der Waals surface area contributed by atoms with Gasteiger partial charge in [0.15, 0.2) is 5.82 Å². The SMILES string of the molecule is Cc1cc(C)n(-c2ccc(NC(=O)CCC(=O)N(CCC#N)c3ccccc3)cc2F)n1. The zero-order valence-electron chi connectivity index (χ0n) is 18.0. The fourth-order valence-electron chi connectivity index (χ4n) is 3.38. The molecule has 2 aromatic carbocycles. The highest BCUT2D eigenvalue weighted by atomic mass is 19.1. The van der Waals surface area contributed by atoms with Gasteiger partial charge in [0, 0.05) is 36.5 Å². The number of amides is 2. The standard InChI is InChI=1S/C24H24FN5O2/c1-17-15-18(2)30(28-17)22-10-9-19(16-21(22)25)27-23(31)11-12-24(32)29(14-6-13-26)20-7-4-3-5-8-20/h3-5,7-10,15-16H,6,11-12,14H2,1-2H3,(H,27,31). The Hall–Kier alpha value is -3.99. The molecule has 0 fully saturated rings. The molecule has 2 amide bonds. The number of carbonyl (C=O) groups excluding carboxylic acids is 2. The fraction of sp³-hybridized carbons (Fsp3) is 0.250. The Morgan fingerprint density at radius 1 is 1.12 bits per heavy atom. The Bertz CT molecular complexity index is 1150. The van der Waals surface area contributed by atoms with Gasteiger partial charge in [0.1, 0.15) is 5.69 Å².